The first-order valence-electron chi connectivity index (χ1n) is 11.0. The number of benzene rings is 3. The number of rotatable bonds is 7. The maximum absolute atomic E-state index is 13.4. The van der Waals surface area contributed by atoms with Gasteiger partial charge in [-0.25, -0.2) is 9.07 Å². The van der Waals surface area contributed by atoms with E-state index in [1.54, 1.807) is 4.68 Å². The summed E-state index contributed by atoms with van der Waals surface area (Å²) in [7, 11) is 0. The van der Waals surface area contributed by atoms with Crippen LogP contribution >= 0.6 is 0 Å². The quantitative estimate of drug-likeness (QED) is 0.358. The van der Waals surface area contributed by atoms with E-state index in [9.17, 15) is 9.18 Å². The van der Waals surface area contributed by atoms with Crippen LogP contribution in [0.5, 0.6) is 11.6 Å². The molecule has 1 heterocycles. The molecule has 5 rings (SSSR count). The third-order valence-electron chi connectivity index (χ3n) is 5.76. The molecule has 6 heteroatoms. The Morgan fingerprint density at radius 1 is 1.00 bits per heavy atom. The molecule has 0 radical (unpaired) electrons. The first-order chi connectivity index (χ1) is 16.1. The molecule has 1 fully saturated rings. The zero-order valence-electron chi connectivity index (χ0n) is 18.3. The van der Waals surface area contributed by atoms with Crippen molar-refractivity contribution in [3.05, 3.63) is 108 Å². The molecular formula is C27H24FN3O2. The van der Waals surface area contributed by atoms with Gasteiger partial charge in [0, 0.05) is 11.6 Å². The number of halogens is 1. The van der Waals surface area contributed by atoms with Gasteiger partial charge in [-0.3, -0.25) is 4.79 Å². The highest BCUT2D eigenvalue weighted by atomic mass is 19.1. The van der Waals surface area contributed by atoms with Crippen LogP contribution in [0.25, 0.3) is 5.69 Å². The van der Waals surface area contributed by atoms with Gasteiger partial charge in [0.05, 0.1) is 23.5 Å². The lowest BCUT2D eigenvalue weighted by molar-refractivity contribution is 0.0728. The molecule has 0 unspecified atom stereocenters. The number of aromatic nitrogens is 2. The van der Waals surface area contributed by atoms with Gasteiger partial charge in [-0.15, -0.1) is 0 Å². The van der Waals surface area contributed by atoms with Crippen LogP contribution in [0.15, 0.2) is 84.9 Å². The standard InChI is InChI=1S/C27H24FN3O2/c1-19-25(18-30(22-16-17-22)26(32)20-12-14-21(28)15-13-20)27(33-24-10-6-3-7-11-24)31(29-19)23-8-4-2-5-9-23/h2-15,22H,16-18H2,1H3. The average Bonchev–Trinajstić information content (AvgIpc) is 3.64. The lowest BCUT2D eigenvalue weighted by Crippen LogP contribution is -2.32. The fraction of sp³-hybridized carbons (Fsp3) is 0.185. The predicted molar refractivity (Wildman–Crippen MR) is 124 cm³/mol. The van der Waals surface area contributed by atoms with Gasteiger partial charge in [0.15, 0.2) is 0 Å². The normalized spacial score (nSPS) is 13.0. The molecule has 0 bridgehead atoms. The molecule has 0 aliphatic heterocycles. The summed E-state index contributed by atoms with van der Waals surface area (Å²) in [6, 6.07) is 25.2. The highest BCUT2D eigenvalue weighted by Gasteiger charge is 2.35. The third kappa shape index (κ3) is 4.51. The first-order valence-corrected chi connectivity index (χ1v) is 11.0. The molecular weight excluding hydrogens is 417 g/mol. The third-order valence-corrected chi connectivity index (χ3v) is 5.76. The van der Waals surface area contributed by atoms with Crippen molar-refractivity contribution in [1.82, 2.24) is 14.7 Å². The van der Waals surface area contributed by atoms with E-state index in [0.29, 0.717) is 23.7 Å². The van der Waals surface area contributed by atoms with E-state index in [0.717, 1.165) is 29.8 Å². The summed E-state index contributed by atoms with van der Waals surface area (Å²) in [4.78, 5) is 15.2. The molecule has 4 aromatic rings. The smallest absolute Gasteiger partial charge is 0.254 e. The molecule has 33 heavy (non-hydrogen) atoms. The van der Waals surface area contributed by atoms with Crippen molar-refractivity contribution in [2.24, 2.45) is 0 Å². The van der Waals surface area contributed by atoms with Crippen LogP contribution in [0.1, 0.15) is 34.5 Å². The van der Waals surface area contributed by atoms with E-state index in [1.165, 1.54) is 24.3 Å². The molecule has 3 aromatic carbocycles. The van der Waals surface area contributed by atoms with Gasteiger partial charge in [-0.2, -0.15) is 5.10 Å². The second-order valence-corrected chi connectivity index (χ2v) is 8.20. The summed E-state index contributed by atoms with van der Waals surface area (Å²) in [6.45, 7) is 2.29. The Balaban J connectivity index is 1.54. The molecule has 1 amide bonds. The van der Waals surface area contributed by atoms with Crippen molar-refractivity contribution in [2.45, 2.75) is 32.4 Å². The van der Waals surface area contributed by atoms with E-state index < -0.39 is 0 Å². The maximum Gasteiger partial charge on any atom is 0.254 e. The Bertz CT molecular complexity index is 1250. The number of ether oxygens (including phenoxy) is 1. The molecule has 0 spiro atoms. The minimum absolute atomic E-state index is 0.116. The summed E-state index contributed by atoms with van der Waals surface area (Å²) < 4.78 is 21.5. The van der Waals surface area contributed by atoms with Crippen molar-refractivity contribution in [3.8, 4) is 17.3 Å². The molecule has 1 aliphatic carbocycles. The van der Waals surface area contributed by atoms with Crippen LogP contribution < -0.4 is 4.74 Å². The summed E-state index contributed by atoms with van der Waals surface area (Å²) in [6.07, 6.45) is 1.90. The summed E-state index contributed by atoms with van der Waals surface area (Å²) in [5.41, 5.74) is 3.00. The predicted octanol–water partition coefficient (Wildman–Crippen LogP) is 5.92. The van der Waals surface area contributed by atoms with E-state index in [1.807, 2.05) is 72.5 Å². The zero-order chi connectivity index (χ0) is 22.8. The molecule has 0 N–H and O–H groups in total. The molecule has 0 saturated heterocycles. The van der Waals surface area contributed by atoms with Gasteiger partial charge in [0.1, 0.15) is 11.6 Å². The number of carbonyl (C=O) groups is 1. The Kier molecular flexibility index (Phi) is 5.65. The van der Waals surface area contributed by atoms with Gasteiger partial charge >= 0.3 is 0 Å². The van der Waals surface area contributed by atoms with Crippen LogP contribution in [0.4, 0.5) is 4.39 Å². The second-order valence-electron chi connectivity index (χ2n) is 8.20. The number of amides is 1. The van der Waals surface area contributed by atoms with Gasteiger partial charge in [0.25, 0.3) is 5.91 Å². The lowest BCUT2D eigenvalue weighted by atomic mass is 10.1. The van der Waals surface area contributed by atoms with Crippen LogP contribution in [0.3, 0.4) is 0 Å². The number of aryl methyl sites for hydroxylation is 1. The van der Waals surface area contributed by atoms with E-state index in [4.69, 9.17) is 9.84 Å². The Morgan fingerprint density at radius 3 is 2.27 bits per heavy atom. The van der Waals surface area contributed by atoms with Crippen molar-refractivity contribution in [3.63, 3.8) is 0 Å². The molecule has 1 aliphatic rings. The van der Waals surface area contributed by atoms with E-state index >= 15 is 0 Å². The average molecular weight is 442 g/mol. The molecule has 1 aromatic heterocycles. The van der Waals surface area contributed by atoms with E-state index in [-0.39, 0.29) is 17.8 Å². The zero-order valence-corrected chi connectivity index (χ0v) is 18.3. The van der Waals surface area contributed by atoms with Crippen molar-refractivity contribution >= 4 is 5.91 Å². The van der Waals surface area contributed by atoms with Crippen LogP contribution in [0, 0.1) is 12.7 Å². The minimum atomic E-state index is -0.358. The molecule has 5 nitrogen and oxygen atoms in total. The minimum Gasteiger partial charge on any atom is -0.439 e. The number of hydrogen-bond donors (Lipinski definition) is 0. The Hall–Kier alpha value is -3.93. The molecule has 1 saturated carbocycles. The monoisotopic (exact) mass is 441 g/mol. The topological polar surface area (TPSA) is 47.4 Å². The summed E-state index contributed by atoms with van der Waals surface area (Å²) in [5, 5.41) is 4.76. The van der Waals surface area contributed by atoms with Crippen LogP contribution in [-0.4, -0.2) is 26.6 Å². The maximum atomic E-state index is 13.4. The summed E-state index contributed by atoms with van der Waals surface area (Å²) >= 11 is 0. The second kappa shape index (κ2) is 8.90. The van der Waals surface area contributed by atoms with E-state index in [2.05, 4.69) is 0 Å². The Labute approximate surface area is 192 Å². The van der Waals surface area contributed by atoms with Crippen molar-refractivity contribution in [1.29, 1.82) is 0 Å². The highest BCUT2D eigenvalue weighted by molar-refractivity contribution is 5.94. The van der Waals surface area contributed by atoms with Gasteiger partial charge in [0.2, 0.25) is 5.88 Å². The Morgan fingerprint density at radius 2 is 1.64 bits per heavy atom. The van der Waals surface area contributed by atoms with Gasteiger partial charge in [-0.1, -0.05) is 36.4 Å². The molecule has 166 valence electrons. The fourth-order valence-corrected chi connectivity index (χ4v) is 3.85. The van der Waals surface area contributed by atoms with Gasteiger partial charge in [-0.05, 0) is 68.3 Å². The largest absolute Gasteiger partial charge is 0.439 e. The van der Waals surface area contributed by atoms with Crippen LogP contribution in [-0.2, 0) is 6.54 Å². The number of nitrogens with zero attached hydrogens (tertiary/aromatic N) is 3. The lowest BCUT2D eigenvalue weighted by Gasteiger charge is -2.23. The molecule has 0 atom stereocenters. The van der Waals surface area contributed by atoms with Crippen molar-refractivity contribution < 1.29 is 13.9 Å². The van der Waals surface area contributed by atoms with Crippen LogP contribution in [0.2, 0.25) is 0 Å². The number of carbonyl (C=O) groups excluding carboxylic acids is 1. The number of para-hydroxylation sites is 2. The van der Waals surface area contributed by atoms with Gasteiger partial charge < -0.3 is 9.64 Å². The SMILES string of the molecule is Cc1nn(-c2ccccc2)c(Oc2ccccc2)c1CN(C(=O)c1ccc(F)cc1)C1CC1. The van der Waals surface area contributed by atoms with Crippen molar-refractivity contribution in [2.75, 3.05) is 0 Å². The summed E-state index contributed by atoms with van der Waals surface area (Å²) in [5.74, 6) is 0.805. The number of hydrogen-bond acceptors (Lipinski definition) is 3. The first kappa shape index (κ1) is 20.9. The highest BCUT2D eigenvalue weighted by Crippen LogP contribution is 2.35. The fourth-order valence-electron chi connectivity index (χ4n) is 3.85.